The Kier molecular flexibility index (Phi) is 8.09. The summed E-state index contributed by atoms with van der Waals surface area (Å²) in [4.78, 5) is 44.6. The van der Waals surface area contributed by atoms with E-state index in [1.165, 1.54) is 24.3 Å². The van der Waals surface area contributed by atoms with E-state index in [0.29, 0.717) is 56.7 Å². The quantitative estimate of drug-likeness (QED) is 0.460. The number of nitrogens with zero attached hydrogens (tertiary/aromatic N) is 3. The highest BCUT2D eigenvalue weighted by molar-refractivity contribution is 5.95. The number of carbonyl (C=O) groups is 3. The van der Waals surface area contributed by atoms with Crippen molar-refractivity contribution < 1.29 is 27.9 Å². The molecule has 2 saturated heterocycles. The van der Waals surface area contributed by atoms with Gasteiger partial charge in [-0.3, -0.25) is 9.59 Å². The number of likely N-dealkylation sites (tertiary alicyclic amines) is 1. The van der Waals surface area contributed by atoms with Gasteiger partial charge in [0.25, 0.3) is 0 Å². The summed E-state index contributed by atoms with van der Waals surface area (Å²) in [6, 6.07) is 21.0. The summed E-state index contributed by atoms with van der Waals surface area (Å²) in [6.45, 7) is 1.82. The number of halogens is 2. The van der Waals surface area contributed by atoms with Crippen LogP contribution in [0.25, 0.3) is 0 Å². The number of piperazine rings is 1. The SMILES string of the molecule is O=C(CN1CCCC(c2ccc(F)cc2)(c2ccc(F)cc2)C1=O)N1CCN(C(=O)OCc2ccccc2)CC1. The smallest absolute Gasteiger partial charge is 0.410 e. The number of benzene rings is 3. The lowest BCUT2D eigenvalue weighted by molar-refractivity contribution is -0.146. The Morgan fingerprint density at radius 1 is 0.750 bits per heavy atom. The lowest BCUT2D eigenvalue weighted by Crippen LogP contribution is -2.57. The molecule has 3 amide bonds. The van der Waals surface area contributed by atoms with Crippen molar-refractivity contribution in [3.05, 3.63) is 107 Å². The van der Waals surface area contributed by atoms with Crippen LogP contribution in [0.5, 0.6) is 0 Å². The normalized spacial score (nSPS) is 17.1. The maximum absolute atomic E-state index is 14.1. The minimum absolute atomic E-state index is 0.110. The highest BCUT2D eigenvalue weighted by atomic mass is 19.1. The molecule has 208 valence electrons. The molecule has 9 heteroatoms. The average molecular weight is 548 g/mol. The molecular formula is C31H31F2N3O4. The minimum atomic E-state index is -1.15. The molecule has 0 aliphatic carbocycles. The van der Waals surface area contributed by atoms with Crippen LogP contribution in [0.15, 0.2) is 78.9 Å². The summed E-state index contributed by atoms with van der Waals surface area (Å²) in [5.41, 5.74) is 0.949. The second-order valence-corrected chi connectivity index (χ2v) is 10.2. The van der Waals surface area contributed by atoms with Gasteiger partial charge in [-0.25, -0.2) is 13.6 Å². The lowest BCUT2D eigenvalue weighted by atomic mass is 9.68. The van der Waals surface area contributed by atoms with Crippen molar-refractivity contribution in [3.8, 4) is 0 Å². The van der Waals surface area contributed by atoms with E-state index in [9.17, 15) is 23.2 Å². The van der Waals surface area contributed by atoms with Crippen molar-refractivity contribution in [2.75, 3.05) is 39.3 Å². The van der Waals surface area contributed by atoms with Gasteiger partial charge in [0.05, 0.1) is 12.0 Å². The van der Waals surface area contributed by atoms with E-state index < -0.39 is 23.1 Å². The van der Waals surface area contributed by atoms with Crippen molar-refractivity contribution in [1.82, 2.24) is 14.7 Å². The van der Waals surface area contributed by atoms with E-state index in [-0.39, 0.29) is 25.0 Å². The summed E-state index contributed by atoms with van der Waals surface area (Å²) in [5.74, 6) is -1.32. The van der Waals surface area contributed by atoms with Crippen LogP contribution in [0.2, 0.25) is 0 Å². The predicted octanol–water partition coefficient (Wildman–Crippen LogP) is 4.35. The number of ether oxygens (including phenoxy) is 1. The zero-order chi connectivity index (χ0) is 28.1. The van der Waals surface area contributed by atoms with Gasteiger partial charge in [-0.05, 0) is 53.8 Å². The third-order valence-electron chi connectivity index (χ3n) is 7.73. The van der Waals surface area contributed by atoms with Crippen LogP contribution in [0.4, 0.5) is 13.6 Å². The standard InChI is InChI=1S/C31H31F2N3O4/c32-26-11-7-24(8-12-26)31(25-9-13-27(33)14-10-25)15-4-16-36(29(31)38)21-28(37)34-17-19-35(20-18-34)30(39)40-22-23-5-2-1-3-6-23/h1-3,5-14H,4,15-22H2. The Morgan fingerprint density at radius 2 is 1.30 bits per heavy atom. The van der Waals surface area contributed by atoms with Crippen LogP contribution in [0.3, 0.4) is 0 Å². The maximum Gasteiger partial charge on any atom is 0.410 e. The van der Waals surface area contributed by atoms with Crippen molar-refractivity contribution in [1.29, 1.82) is 0 Å². The summed E-state index contributed by atoms with van der Waals surface area (Å²) in [7, 11) is 0. The minimum Gasteiger partial charge on any atom is -0.445 e. The molecule has 0 saturated carbocycles. The fraction of sp³-hybridized carbons (Fsp3) is 0.323. The van der Waals surface area contributed by atoms with Crippen molar-refractivity contribution in [2.24, 2.45) is 0 Å². The number of carbonyl (C=O) groups excluding carboxylic acids is 3. The molecule has 2 aliphatic heterocycles. The fourth-order valence-electron chi connectivity index (χ4n) is 5.55. The first-order chi connectivity index (χ1) is 19.4. The van der Waals surface area contributed by atoms with Crippen LogP contribution in [0.1, 0.15) is 29.5 Å². The largest absolute Gasteiger partial charge is 0.445 e. The van der Waals surface area contributed by atoms with Gasteiger partial charge in [0.1, 0.15) is 18.2 Å². The highest BCUT2D eigenvalue weighted by Crippen LogP contribution is 2.41. The summed E-state index contributed by atoms with van der Waals surface area (Å²) < 4.78 is 32.9. The van der Waals surface area contributed by atoms with Crippen LogP contribution >= 0.6 is 0 Å². The van der Waals surface area contributed by atoms with E-state index in [1.54, 1.807) is 39.0 Å². The van der Waals surface area contributed by atoms with Crippen molar-refractivity contribution in [3.63, 3.8) is 0 Å². The number of amides is 3. The first-order valence-corrected chi connectivity index (χ1v) is 13.4. The number of piperidine rings is 1. The molecule has 2 fully saturated rings. The molecule has 2 heterocycles. The Balaban J connectivity index is 1.24. The Hall–Kier alpha value is -4.27. The number of hydrogen-bond acceptors (Lipinski definition) is 4. The van der Waals surface area contributed by atoms with E-state index >= 15 is 0 Å². The summed E-state index contributed by atoms with van der Waals surface area (Å²) in [6.07, 6.45) is 0.650. The zero-order valence-corrected chi connectivity index (χ0v) is 22.1. The van der Waals surface area contributed by atoms with Gasteiger partial charge < -0.3 is 19.4 Å². The summed E-state index contributed by atoms with van der Waals surface area (Å²) >= 11 is 0. The van der Waals surface area contributed by atoms with E-state index in [2.05, 4.69) is 0 Å². The zero-order valence-electron chi connectivity index (χ0n) is 22.1. The summed E-state index contributed by atoms with van der Waals surface area (Å²) in [5, 5.41) is 0. The molecule has 0 radical (unpaired) electrons. The van der Waals surface area contributed by atoms with E-state index in [1.807, 2.05) is 30.3 Å². The molecule has 5 rings (SSSR count). The first kappa shape index (κ1) is 27.3. The van der Waals surface area contributed by atoms with E-state index in [4.69, 9.17) is 4.74 Å². The van der Waals surface area contributed by atoms with Gasteiger partial charge in [-0.15, -0.1) is 0 Å². The molecule has 0 spiro atoms. The highest BCUT2D eigenvalue weighted by Gasteiger charge is 2.47. The molecule has 0 atom stereocenters. The van der Waals surface area contributed by atoms with Crippen molar-refractivity contribution >= 4 is 17.9 Å². The second-order valence-electron chi connectivity index (χ2n) is 10.2. The third-order valence-corrected chi connectivity index (χ3v) is 7.73. The molecular weight excluding hydrogens is 516 g/mol. The number of hydrogen-bond donors (Lipinski definition) is 0. The molecule has 0 bridgehead atoms. The van der Waals surface area contributed by atoms with Gasteiger partial charge in [0.15, 0.2) is 0 Å². The monoisotopic (exact) mass is 547 g/mol. The molecule has 40 heavy (non-hydrogen) atoms. The average Bonchev–Trinajstić information content (AvgIpc) is 2.98. The number of rotatable bonds is 6. The predicted molar refractivity (Wildman–Crippen MR) is 144 cm³/mol. The Morgan fingerprint density at radius 3 is 1.88 bits per heavy atom. The Labute approximate surface area is 231 Å². The molecule has 3 aromatic carbocycles. The van der Waals surface area contributed by atoms with Crippen LogP contribution in [-0.2, 0) is 26.3 Å². The van der Waals surface area contributed by atoms with Crippen LogP contribution in [-0.4, -0.2) is 71.9 Å². The molecule has 0 aromatic heterocycles. The maximum atomic E-state index is 14.1. The molecule has 0 N–H and O–H groups in total. The molecule has 2 aliphatic rings. The van der Waals surface area contributed by atoms with Gasteiger partial charge >= 0.3 is 6.09 Å². The third kappa shape index (κ3) is 5.68. The van der Waals surface area contributed by atoms with Crippen LogP contribution < -0.4 is 0 Å². The van der Waals surface area contributed by atoms with E-state index in [0.717, 1.165) is 5.56 Å². The van der Waals surface area contributed by atoms with Crippen LogP contribution in [0, 0.1) is 11.6 Å². The first-order valence-electron chi connectivity index (χ1n) is 13.4. The molecule has 7 nitrogen and oxygen atoms in total. The van der Waals surface area contributed by atoms with Gasteiger partial charge in [0.2, 0.25) is 11.8 Å². The van der Waals surface area contributed by atoms with Gasteiger partial charge in [-0.2, -0.15) is 0 Å². The fourth-order valence-corrected chi connectivity index (χ4v) is 5.55. The van der Waals surface area contributed by atoms with Crippen molar-refractivity contribution in [2.45, 2.75) is 24.9 Å². The lowest BCUT2D eigenvalue weighted by Gasteiger charge is -2.43. The molecule has 0 unspecified atom stereocenters. The van der Waals surface area contributed by atoms with Gasteiger partial charge in [-0.1, -0.05) is 54.6 Å². The second kappa shape index (κ2) is 11.9. The molecule has 3 aromatic rings. The van der Waals surface area contributed by atoms with Gasteiger partial charge in [0, 0.05) is 32.7 Å². The topological polar surface area (TPSA) is 70.2 Å². The Bertz CT molecular complexity index is 1300.